The fourth-order valence-electron chi connectivity index (χ4n) is 1.91. The van der Waals surface area contributed by atoms with Gasteiger partial charge in [0.2, 0.25) is 5.91 Å². The third kappa shape index (κ3) is 2.70. The number of rotatable bonds is 5. The number of thiazole rings is 1. The Morgan fingerprint density at radius 3 is 2.94 bits per heavy atom. The maximum atomic E-state index is 10.7. The lowest BCUT2D eigenvalue weighted by Crippen LogP contribution is -2.30. The molecule has 2 heterocycles. The quantitative estimate of drug-likeness (QED) is 0.801. The minimum absolute atomic E-state index is 0.00778. The Morgan fingerprint density at radius 2 is 2.22 bits per heavy atom. The molecule has 0 aliphatic rings. The van der Waals surface area contributed by atoms with Crippen LogP contribution in [0.15, 0.2) is 5.38 Å². The molecule has 0 radical (unpaired) electrons. The van der Waals surface area contributed by atoms with Crippen LogP contribution in [-0.2, 0) is 11.3 Å². The summed E-state index contributed by atoms with van der Waals surface area (Å²) in [5, 5.41) is 8.20. The Bertz CT molecular complexity index is 558. The molecule has 0 bridgehead atoms. The van der Waals surface area contributed by atoms with E-state index in [9.17, 15) is 4.79 Å². The van der Waals surface area contributed by atoms with Gasteiger partial charge in [0.1, 0.15) is 0 Å². The van der Waals surface area contributed by atoms with E-state index in [2.05, 4.69) is 32.3 Å². The third-order valence-corrected chi connectivity index (χ3v) is 3.74. The Hall–Kier alpha value is -1.40. The van der Waals surface area contributed by atoms with Gasteiger partial charge < -0.3 is 10.6 Å². The van der Waals surface area contributed by atoms with E-state index >= 15 is 0 Å². The summed E-state index contributed by atoms with van der Waals surface area (Å²) in [6.45, 7) is 7.83. The molecule has 98 valence electrons. The maximum absolute atomic E-state index is 10.7. The lowest BCUT2D eigenvalue weighted by atomic mass is 10.3. The average Bonchev–Trinajstić information content (AvgIpc) is 2.79. The molecule has 5 nitrogen and oxygen atoms in total. The van der Waals surface area contributed by atoms with Crippen LogP contribution in [0.3, 0.4) is 0 Å². The minimum atomic E-state index is 0.00778. The second kappa shape index (κ2) is 5.49. The van der Waals surface area contributed by atoms with Crippen LogP contribution < -0.4 is 10.6 Å². The van der Waals surface area contributed by atoms with E-state index in [4.69, 9.17) is 0 Å². The fraction of sp³-hybridized carbons (Fsp3) is 0.500. The first-order chi connectivity index (χ1) is 8.59. The van der Waals surface area contributed by atoms with Crippen molar-refractivity contribution in [2.75, 3.05) is 13.1 Å². The highest BCUT2D eigenvalue weighted by Crippen LogP contribution is 2.20. The number of nitrogens with zero attached hydrogens (tertiary/aromatic N) is 2. The summed E-state index contributed by atoms with van der Waals surface area (Å²) in [6, 6.07) is 0. The van der Waals surface area contributed by atoms with E-state index in [0.29, 0.717) is 6.54 Å². The summed E-state index contributed by atoms with van der Waals surface area (Å²) in [5.41, 5.74) is 3.48. The van der Waals surface area contributed by atoms with E-state index in [1.165, 1.54) is 18.3 Å². The maximum Gasteiger partial charge on any atom is 0.216 e. The van der Waals surface area contributed by atoms with Gasteiger partial charge in [0.05, 0.1) is 11.4 Å². The molecule has 2 rings (SSSR count). The molecular weight excluding hydrogens is 248 g/mol. The second-order valence-corrected chi connectivity index (χ2v) is 5.14. The number of carbonyl (C=O) groups is 1. The number of hydrogen-bond donors (Lipinski definition) is 2. The predicted octanol–water partition coefficient (Wildman–Crippen LogP) is 1.24. The van der Waals surface area contributed by atoms with E-state index < -0.39 is 0 Å². The van der Waals surface area contributed by atoms with E-state index in [1.54, 1.807) is 11.3 Å². The molecule has 0 fully saturated rings. The number of fused-ring (bicyclic) bond motifs is 1. The van der Waals surface area contributed by atoms with Crippen LogP contribution in [0.25, 0.3) is 4.96 Å². The van der Waals surface area contributed by atoms with Gasteiger partial charge in [0.15, 0.2) is 4.96 Å². The van der Waals surface area contributed by atoms with Gasteiger partial charge in [-0.15, -0.1) is 11.3 Å². The standard InChI is InChI=1S/C12H18N4OS/c1-8-7-18-12-15-9(2)11(16(8)12)6-13-4-5-14-10(3)17/h7,13H,4-6H2,1-3H3,(H,14,17). The number of hydrogen-bond acceptors (Lipinski definition) is 4. The van der Waals surface area contributed by atoms with E-state index in [0.717, 1.165) is 23.7 Å². The van der Waals surface area contributed by atoms with Crippen molar-refractivity contribution in [2.45, 2.75) is 27.3 Å². The molecule has 0 saturated heterocycles. The number of imidazole rings is 1. The first-order valence-corrected chi connectivity index (χ1v) is 6.84. The van der Waals surface area contributed by atoms with Crippen molar-refractivity contribution >= 4 is 22.2 Å². The van der Waals surface area contributed by atoms with Crippen LogP contribution in [0.2, 0.25) is 0 Å². The van der Waals surface area contributed by atoms with Crippen molar-refractivity contribution in [1.82, 2.24) is 20.0 Å². The number of nitrogens with one attached hydrogen (secondary N) is 2. The van der Waals surface area contributed by atoms with E-state index in [1.807, 2.05) is 6.92 Å². The topological polar surface area (TPSA) is 58.4 Å². The van der Waals surface area contributed by atoms with Gasteiger partial charge in [-0.2, -0.15) is 0 Å². The SMILES string of the molecule is CC(=O)NCCNCc1c(C)nc2scc(C)n12. The zero-order chi connectivity index (χ0) is 13.1. The number of aromatic nitrogens is 2. The summed E-state index contributed by atoms with van der Waals surface area (Å²) in [6.07, 6.45) is 0. The molecule has 0 aliphatic carbocycles. The Kier molecular flexibility index (Phi) is 3.98. The summed E-state index contributed by atoms with van der Waals surface area (Å²) in [5.74, 6) is 0.00778. The number of amides is 1. The number of carbonyl (C=O) groups excluding carboxylic acids is 1. The second-order valence-electron chi connectivity index (χ2n) is 4.30. The lowest BCUT2D eigenvalue weighted by Gasteiger charge is -2.06. The van der Waals surface area contributed by atoms with Gasteiger partial charge >= 0.3 is 0 Å². The summed E-state index contributed by atoms with van der Waals surface area (Å²) in [4.78, 5) is 16.3. The summed E-state index contributed by atoms with van der Waals surface area (Å²) >= 11 is 1.66. The smallest absolute Gasteiger partial charge is 0.216 e. The molecular formula is C12H18N4OS. The molecule has 6 heteroatoms. The largest absolute Gasteiger partial charge is 0.355 e. The zero-order valence-corrected chi connectivity index (χ0v) is 11.7. The van der Waals surface area contributed by atoms with Gasteiger partial charge in [-0.1, -0.05) is 0 Å². The summed E-state index contributed by atoms with van der Waals surface area (Å²) < 4.78 is 2.19. The van der Waals surface area contributed by atoms with Crippen molar-refractivity contribution in [3.63, 3.8) is 0 Å². The monoisotopic (exact) mass is 266 g/mol. The summed E-state index contributed by atoms with van der Waals surface area (Å²) in [7, 11) is 0. The van der Waals surface area contributed by atoms with E-state index in [-0.39, 0.29) is 5.91 Å². The molecule has 18 heavy (non-hydrogen) atoms. The molecule has 0 aromatic carbocycles. The highest BCUT2D eigenvalue weighted by Gasteiger charge is 2.11. The number of aryl methyl sites for hydroxylation is 2. The first-order valence-electron chi connectivity index (χ1n) is 5.96. The van der Waals surface area contributed by atoms with Gasteiger partial charge in [-0.25, -0.2) is 4.98 Å². The van der Waals surface area contributed by atoms with Crippen LogP contribution in [0.4, 0.5) is 0 Å². The zero-order valence-electron chi connectivity index (χ0n) is 10.9. The van der Waals surface area contributed by atoms with Crippen molar-refractivity contribution in [2.24, 2.45) is 0 Å². The van der Waals surface area contributed by atoms with Crippen molar-refractivity contribution in [3.8, 4) is 0 Å². The van der Waals surface area contributed by atoms with Crippen LogP contribution in [0, 0.1) is 13.8 Å². The van der Waals surface area contributed by atoms with Crippen LogP contribution in [0.5, 0.6) is 0 Å². The minimum Gasteiger partial charge on any atom is -0.355 e. The highest BCUT2D eigenvalue weighted by atomic mass is 32.1. The fourth-order valence-corrected chi connectivity index (χ4v) is 2.84. The van der Waals surface area contributed by atoms with Crippen molar-refractivity contribution < 1.29 is 4.79 Å². The Morgan fingerprint density at radius 1 is 1.44 bits per heavy atom. The van der Waals surface area contributed by atoms with Gasteiger partial charge in [0.25, 0.3) is 0 Å². The molecule has 1 amide bonds. The van der Waals surface area contributed by atoms with Crippen LogP contribution in [-0.4, -0.2) is 28.4 Å². The molecule has 0 spiro atoms. The molecule has 0 atom stereocenters. The molecule has 0 saturated carbocycles. The Labute approximate surface area is 110 Å². The molecule has 2 N–H and O–H groups in total. The third-order valence-electron chi connectivity index (χ3n) is 2.80. The van der Waals surface area contributed by atoms with Gasteiger partial charge in [-0.3, -0.25) is 9.20 Å². The predicted molar refractivity (Wildman–Crippen MR) is 72.9 cm³/mol. The van der Waals surface area contributed by atoms with Crippen molar-refractivity contribution in [3.05, 3.63) is 22.5 Å². The average molecular weight is 266 g/mol. The highest BCUT2D eigenvalue weighted by molar-refractivity contribution is 7.15. The molecule has 2 aromatic rings. The first kappa shape index (κ1) is 13.0. The molecule has 0 aliphatic heterocycles. The van der Waals surface area contributed by atoms with Crippen LogP contribution >= 0.6 is 11.3 Å². The Balaban J connectivity index is 1.96. The lowest BCUT2D eigenvalue weighted by molar-refractivity contribution is -0.118. The van der Waals surface area contributed by atoms with Gasteiger partial charge in [0, 0.05) is 37.6 Å². The molecule has 2 aromatic heterocycles. The van der Waals surface area contributed by atoms with Gasteiger partial charge in [-0.05, 0) is 13.8 Å². The van der Waals surface area contributed by atoms with Crippen molar-refractivity contribution in [1.29, 1.82) is 0 Å². The molecule has 0 unspecified atom stereocenters. The normalized spacial score (nSPS) is 11.1. The van der Waals surface area contributed by atoms with Crippen LogP contribution in [0.1, 0.15) is 24.0 Å².